The molecule has 0 saturated carbocycles. The quantitative estimate of drug-likeness (QED) is 0.777. The first kappa shape index (κ1) is 16.8. The standard InChI is InChI=1S/C18H29BrN2/c1-5-17-9-6-14(4)21(17)18-10-16(19)8-7-15(18)12-20-11-13(2)3/h7-8,10,13-14,17,20H,5-6,9,11-12H2,1-4H3. The molecule has 2 nitrogen and oxygen atoms in total. The third kappa shape index (κ3) is 4.23. The van der Waals surface area contributed by atoms with Crippen LogP contribution >= 0.6 is 15.9 Å². The number of hydrogen-bond donors (Lipinski definition) is 1. The summed E-state index contributed by atoms with van der Waals surface area (Å²) < 4.78 is 1.18. The Morgan fingerprint density at radius 1 is 1.33 bits per heavy atom. The van der Waals surface area contributed by atoms with Crippen molar-refractivity contribution in [2.45, 2.75) is 65.6 Å². The molecular weight excluding hydrogens is 324 g/mol. The minimum absolute atomic E-state index is 0.646. The van der Waals surface area contributed by atoms with Gasteiger partial charge >= 0.3 is 0 Å². The number of nitrogens with one attached hydrogen (secondary N) is 1. The number of rotatable bonds is 6. The van der Waals surface area contributed by atoms with Crippen LogP contribution in [0.3, 0.4) is 0 Å². The molecule has 0 bridgehead atoms. The summed E-state index contributed by atoms with van der Waals surface area (Å²) in [7, 11) is 0. The van der Waals surface area contributed by atoms with Gasteiger partial charge in [0.2, 0.25) is 0 Å². The van der Waals surface area contributed by atoms with Gasteiger partial charge in [-0.2, -0.15) is 0 Å². The van der Waals surface area contributed by atoms with E-state index in [1.807, 2.05) is 0 Å². The van der Waals surface area contributed by atoms with Crippen LogP contribution < -0.4 is 10.2 Å². The molecule has 2 atom stereocenters. The highest BCUT2D eigenvalue weighted by atomic mass is 79.9. The van der Waals surface area contributed by atoms with Gasteiger partial charge in [-0.25, -0.2) is 0 Å². The Morgan fingerprint density at radius 3 is 2.76 bits per heavy atom. The minimum atomic E-state index is 0.646. The second-order valence-electron chi connectivity index (χ2n) is 6.69. The lowest BCUT2D eigenvalue weighted by Gasteiger charge is -2.32. The van der Waals surface area contributed by atoms with E-state index in [1.165, 1.54) is 35.0 Å². The summed E-state index contributed by atoms with van der Waals surface area (Å²) in [5.41, 5.74) is 2.84. The van der Waals surface area contributed by atoms with E-state index >= 15 is 0 Å². The maximum atomic E-state index is 3.65. The highest BCUT2D eigenvalue weighted by Gasteiger charge is 2.30. The summed E-state index contributed by atoms with van der Waals surface area (Å²) in [5, 5.41) is 3.59. The zero-order valence-corrected chi connectivity index (χ0v) is 15.4. The Kier molecular flexibility index (Phi) is 6.12. The maximum Gasteiger partial charge on any atom is 0.0428 e. The van der Waals surface area contributed by atoms with Crippen molar-refractivity contribution in [3.63, 3.8) is 0 Å². The van der Waals surface area contributed by atoms with Crippen molar-refractivity contribution in [2.24, 2.45) is 5.92 Å². The monoisotopic (exact) mass is 352 g/mol. The van der Waals surface area contributed by atoms with Crippen LogP contribution in [0.1, 0.15) is 52.5 Å². The molecule has 21 heavy (non-hydrogen) atoms. The number of anilines is 1. The molecule has 1 heterocycles. The van der Waals surface area contributed by atoms with Crippen LogP contribution in [0.4, 0.5) is 5.69 Å². The second kappa shape index (κ2) is 7.64. The smallest absolute Gasteiger partial charge is 0.0428 e. The van der Waals surface area contributed by atoms with Gasteiger partial charge in [-0.05, 0) is 56.3 Å². The first-order valence-corrected chi connectivity index (χ1v) is 9.09. The topological polar surface area (TPSA) is 15.3 Å². The zero-order chi connectivity index (χ0) is 15.4. The molecule has 0 radical (unpaired) electrons. The summed E-state index contributed by atoms with van der Waals surface area (Å²) in [6, 6.07) is 8.07. The lowest BCUT2D eigenvalue weighted by atomic mass is 10.1. The van der Waals surface area contributed by atoms with E-state index in [2.05, 4.69) is 72.0 Å². The SMILES string of the molecule is CCC1CCC(C)N1c1cc(Br)ccc1CNCC(C)C. The van der Waals surface area contributed by atoms with E-state index in [0.29, 0.717) is 18.0 Å². The molecule has 3 heteroatoms. The predicted octanol–water partition coefficient (Wildman–Crippen LogP) is 4.96. The fourth-order valence-corrected chi connectivity index (χ4v) is 3.68. The molecule has 2 unspecified atom stereocenters. The summed E-state index contributed by atoms with van der Waals surface area (Å²) >= 11 is 3.65. The lowest BCUT2D eigenvalue weighted by molar-refractivity contribution is 0.550. The largest absolute Gasteiger partial charge is 0.366 e. The van der Waals surface area contributed by atoms with Crippen molar-refractivity contribution < 1.29 is 0 Å². The average molecular weight is 353 g/mol. The molecule has 2 rings (SSSR count). The van der Waals surface area contributed by atoms with Gasteiger partial charge in [-0.15, -0.1) is 0 Å². The van der Waals surface area contributed by atoms with E-state index in [9.17, 15) is 0 Å². The molecule has 1 aliphatic rings. The Labute approximate surface area is 138 Å². The number of benzene rings is 1. The molecule has 1 fully saturated rings. The predicted molar refractivity (Wildman–Crippen MR) is 95.9 cm³/mol. The van der Waals surface area contributed by atoms with Crippen LogP contribution in [0.25, 0.3) is 0 Å². The van der Waals surface area contributed by atoms with E-state index in [-0.39, 0.29) is 0 Å². The normalized spacial score (nSPS) is 22.3. The fourth-order valence-electron chi connectivity index (χ4n) is 3.33. The molecule has 0 aromatic heterocycles. The molecule has 1 saturated heterocycles. The third-order valence-electron chi connectivity index (χ3n) is 4.45. The van der Waals surface area contributed by atoms with E-state index in [4.69, 9.17) is 0 Å². The maximum absolute atomic E-state index is 3.65. The van der Waals surface area contributed by atoms with Crippen LogP contribution in [0.15, 0.2) is 22.7 Å². The molecule has 0 amide bonds. The van der Waals surface area contributed by atoms with Gasteiger partial charge in [0.15, 0.2) is 0 Å². The fraction of sp³-hybridized carbons (Fsp3) is 0.667. The molecule has 1 aromatic rings. The Bertz CT molecular complexity index is 459. The van der Waals surface area contributed by atoms with Crippen molar-refractivity contribution in [1.82, 2.24) is 5.32 Å². The van der Waals surface area contributed by atoms with Gasteiger partial charge in [0.25, 0.3) is 0 Å². The number of hydrogen-bond acceptors (Lipinski definition) is 2. The lowest BCUT2D eigenvalue weighted by Crippen LogP contribution is -2.35. The summed E-state index contributed by atoms with van der Waals surface area (Å²) in [6.07, 6.45) is 3.86. The van der Waals surface area contributed by atoms with Crippen molar-refractivity contribution in [3.05, 3.63) is 28.2 Å². The molecule has 118 valence electrons. The van der Waals surface area contributed by atoms with Crippen LogP contribution in [0, 0.1) is 5.92 Å². The molecule has 1 aliphatic heterocycles. The van der Waals surface area contributed by atoms with Crippen molar-refractivity contribution in [3.8, 4) is 0 Å². The minimum Gasteiger partial charge on any atom is -0.366 e. The molecule has 0 aliphatic carbocycles. The number of nitrogens with zero attached hydrogens (tertiary/aromatic N) is 1. The van der Waals surface area contributed by atoms with Gasteiger partial charge in [0.1, 0.15) is 0 Å². The van der Waals surface area contributed by atoms with Crippen LogP contribution in [-0.4, -0.2) is 18.6 Å². The van der Waals surface area contributed by atoms with E-state index < -0.39 is 0 Å². The molecule has 1 N–H and O–H groups in total. The van der Waals surface area contributed by atoms with Crippen molar-refractivity contribution in [1.29, 1.82) is 0 Å². The van der Waals surface area contributed by atoms with Crippen LogP contribution in [-0.2, 0) is 6.54 Å². The van der Waals surface area contributed by atoms with Crippen molar-refractivity contribution >= 4 is 21.6 Å². The van der Waals surface area contributed by atoms with Crippen LogP contribution in [0.2, 0.25) is 0 Å². The molecule has 0 spiro atoms. The second-order valence-corrected chi connectivity index (χ2v) is 7.61. The summed E-state index contributed by atoms with van der Waals surface area (Å²) in [5.74, 6) is 0.693. The third-order valence-corrected chi connectivity index (χ3v) is 4.94. The van der Waals surface area contributed by atoms with E-state index in [0.717, 1.165) is 13.1 Å². The highest BCUT2D eigenvalue weighted by Crippen LogP contribution is 2.35. The first-order chi connectivity index (χ1) is 10.0. The summed E-state index contributed by atoms with van der Waals surface area (Å²) in [6.45, 7) is 11.2. The van der Waals surface area contributed by atoms with Gasteiger partial charge in [0.05, 0.1) is 0 Å². The van der Waals surface area contributed by atoms with Crippen LogP contribution in [0.5, 0.6) is 0 Å². The first-order valence-electron chi connectivity index (χ1n) is 8.30. The van der Waals surface area contributed by atoms with Gasteiger partial charge < -0.3 is 10.2 Å². The highest BCUT2D eigenvalue weighted by molar-refractivity contribution is 9.10. The number of halogens is 1. The van der Waals surface area contributed by atoms with Gasteiger partial charge in [0, 0.05) is 28.8 Å². The molecule has 1 aromatic carbocycles. The van der Waals surface area contributed by atoms with Crippen molar-refractivity contribution in [2.75, 3.05) is 11.4 Å². The Morgan fingerprint density at radius 2 is 2.10 bits per heavy atom. The van der Waals surface area contributed by atoms with E-state index in [1.54, 1.807) is 0 Å². The van der Waals surface area contributed by atoms with Gasteiger partial charge in [-0.1, -0.05) is 42.8 Å². The zero-order valence-electron chi connectivity index (χ0n) is 13.8. The Balaban J connectivity index is 2.22. The van der Waals surface area contributed by atoms with Gasteiger partial charge in [-0.3, -0.25) is 0 Å². The molecular formula is C18H29BrN2. The average Bonchev–Trinajstić information content (AvgIpc) is 2.81. The summed E-state index contributed by atoms with van der Waals surface area (Å²) in [4.78, 5) is 2.65. The Hall–Kier alpha value is -0.540.